The Labute approximate surface area is 128 Å². The topological polar surface area (TPSA) is 30.9 Å². The number of benzene rings is 1. The van der Waals surface area contributed by atoms with Gasteiger partial charge in [0.2, 0.25) is 0 Å². The van der Waals surface area contributed by atoms with Gasteiger partial charge in [-0.2, -0.15) is 0 Å². The molecule has 0 aliphatic rings. The summed E-state index contributed by atoms with van der Waals surface area (Å²) in [5, 5.41) is 1.03. The highest BCUT2D eigenvalue weighted by Crippen LogP contribution is 2.44. The van der Waals surface area contributed by atoms with Crippen LogP contribution in [0.15, 0.2) is 24.4 Å². The Balaban J connectivity index is 2.80. The van der Waals surface area contributed by atoms with E-state index in [1.165, 1.54) is 0 Å². The van der Waals surface area contributed by atoms with E-state index in [0.717, 1.165) is 10.9 Å². The van der Waals surface area contributed by atoms with Gasteiger partial charge in [0.15, 0.2) is 8.24 Å². The summed E-state index contributed by atoms with van der Waals surface area (Å²) in [6, 6.07) is 5.43. The van der Waals surface area contributed by atoms with Crippen molar-refractivity contribution in [3.05, 3.63) is 30.2 Å². The van der Waals surface area contributed by atoms with Crippen LogP contribution >= 0.6 is 0 Å². The largest absolute Gasteiger partial charge is 0.396 e. The van der Waals surface area contributed by atoms with E-state index in [4.69, 9.17) is 5.73 Å². The normalized spacial score (nSPS) is 13.0. The van der Waals surface area contributed by atoms with Crippen molar-refractivity contribution in [2.45, 2.75) is 58.2 Å². The molecule has 0 saturated heterocycles. The third kappa shape index (κ3) is 2.29. The number of nitrogens with zero attached hydrogens (tertiary/aromatic N) is 1. The van der Waals surface area contributed by atoms with Gasteiger partial charge in [-0.05, 0) is 41.0 Å². The lowest BCUT2D eigenvalue weighted by Crippen LogP contribution is -2.51. The van der Waals surface area contributed by atoms with Crippen molar-refractivity contribution in [3.63, 3.8) is 0 Å². The van der Waals surface area contributed by atoms with Gasteiger partial charge in [-0.25, -0.2) is 4.39 Å². The fourth-order valence-corrected chi connectivity index (χ4v) is 11.0. The Morgan fingerprint density at radius 3 is 2.00 bits per heavy atom. The van der Waals surface area contributed by atoms with Crippen LogP contribution in [0.1, 0.15) is 41.5 Å². The second-order valence-corrected chi connectivity index (χ2v) is 12.7. The zero-order chi connectivity index (χ0) is 15.9. The average Bonchev–Trinajstić information content (AvgIpc) is 2.73. The maximum absolute atomic E-state index is 14.0. The van der Waals surface area contributed by atoms with Crippen molar-refractivity contribution in [1.82, 2.24) is 4.23 Å². The van der Waals surface area contributed by atoms with Crippen molar-refractivity contribution >= 4 is 24.8 Å². The third-order valence-corrected chi connectivity index (χ3v) is 11.8. The quantitative estimate of drug-likeness (QED) is 0.596. The van der Waals surface area contributed by atoms with Gasteiger partial charge in [-0.1, -0.05) is 41.5 Å². The molecule has 2 nitrogen and oxygen atoms in total. The molecule has 21 heavy (non-hydrogen) atoms. The fraction of sp³-hybridized carbons (Fsp3) is 0.529. The Hall–Kier alpha value is -1.29. The van der Waals surface area contributed by atoms with E-state index < -0.39 is 8.24 Å². The number of hydrogen-bond acceptors (Lipinski definition) is 1. The van der Waals surface area contributed by atoms with Gasteiger partial charge in [0.25, 0.3) is 0 Å². The maximum Gasteiger partial charge on any atom is 0.169 e. The summed E-state index contributed by atoms with van der Waals surface area (Å²) < 4.78 is 16.4. The molecule has 4 heteroatoms. The van der Waals surface area contributed by atoms with Crippen molar-refractivity contribution in [2.24, 2.45) is 0 Å². The van der Waals surface area contributed by atoms with Crippen LogP contribution in [0.25, 0.3) is 10.9 Å². The van der Waals surface area contributed by atoms with E-state index >= 15 is 0 Å². The number of nitrogen functional groups attached to an aromatic ring is 1. The first kappa shape index (κ1) is 16.1. The highest BCUT2D eigenvalue weighted by atomic mass is 28.3. The Morgan fingerprint density at radius 1 is 1.00 bits per heavy atom. The van der Waals surface area contributed by atoms with Gasteiger partial charge < -0.3 is 9.97 Å². The average molecular weight is 307 g/mol. The Bertz CT molecular complexity index is 622. The zero-order valence-corrected chi connectivity index (χ0v) is 14.9. The summed E-state index contributed by atoms with van der Waals surface area (Å²) in [7, 11) is -1.85. The summed E-state index contributed by atoms with van der Waals surface area (Å²) in [6.07, 6.45) is 2.15. The first-order valence-electron chi connectivity index (χ1n) is 7.79. The molecule has 0 fully saturated rings. The lowest BCUT2D eigenvalue weighted by molar-refractivity contribution is 0.633. The van der Waals surface area contributed by atoms with Crippen LogP contribution in [-0.2, 0) is 0 Å². The number of rotatable bonds is 4. The molecule has 0 aliphatic carbocycles. The van der Waals surface area contributed by atoms with Gasteiger partial charge in [0.05, 0.1) is 5.69 Å². The van der Waals surface area contributed by atoms with Crippen LogP contribution in [0.3, 0.4) is 0 Å². The molecule has 0 bridgehead atoms. The predicted molar refractivity (Wildman–Crippen MR) is 92.8 cm³/mol. The molecule has 1 aromatic carbocycles. The summed E-state index contributed by atoms with van der Waals surface area (Å²) in [4.78, 5) is 0. The zero-order valence-electron chi connectivity index (χ0n) is 13.9. The third-order valence-electron chi connectivity index (χ3n) is 5.00. The van der Waals surface area contributed by atoms with Crippen LogP contribution in [0, 0.1) is 5.82 Å². The monoisotopic (exact) mass is 306 g/mol. The van der Waals surface area contributed by atoms with Crippen LogP contribution in [0.4, 0.5) is 10.1 Å². The number of anilines is 1. The van der Waals surface area contributed by atoms with E-state index in [0.29, 0.717) is 16.6 Å². The van der Waals surface area contributed by atoms with E-state index in [1.807, 2.05) is 0 Å². The van der Waals surface area contributed by atoms with Crippen LogP contribution in [-0.4, -0.2) is 12.5 Å². The fourth-order valence-electron chi connectivity index (χ4n) is 4.35. The lowest BCUT2D eigenvalue weighted by atomic mass is 10.2. The van der Waals surface area contributed by atoms with Crippen molar-refractivity contribution in [3.8, 4) is 0 Å². The molecule has 2 rings (SSSR count). The van der Waals surface area contributed by atoms with Crippen LogP contribution in [0.5, 0.6) is 0 Å². The maximum atomic E-state index is 14.0. The highest BCUT2D eigenvalue weighted by molar-refractivity contribution is 6.82. The molecule has 0 unspecified atom stereocenters. The highest BCUT2D eigenvalue weighted by Gasteiger charge is 2.45. The molecule has 1 heterocycles. The van der Waals surface area contributed by atoms with E-state index in [1.54, 1.807) is 12.1 Å². The van der Waals surface area contributed by atoms with Crippen molar-refractivity contribution in [1.29, 1.82) is 0 Å². The Kier molecular flexibility index (Phi) is 4.20. The minimum atomic E-state index is -1.85. The second kappa shape index (κ2) is 5.48. The van der Waals surface area contributed by atoms with Gasteiger partial charge in [0, 0.05) is 10.9 Å². The van der Waals surface area contributed by atoms with E-state index in [9.17, 15) is 4.39 Å². The molecule has 116 valence electrons. The lowest BCUT2D eigenvalue weighted by Gasteiger charge is -2.44. The van der Waals surface area contributed by atoms with Crippen LogP contribution < -0.4 is 5.73 Å². The van der Waals surface area contributed by atoms with Gasteiger partial charge >= 0.3 is 0 Å². The number of halogens is 1. The minimum Gasteiger partial charge on any atom is -0.396 e. The first-order valence-corrected chi connectivity index (χ1v) is 9.97. The molecule has 1 aromatic heterocycles. The van der Waals surface area contributed by atoms with Gasteiger partial charge in [-0.15, -0.1) is 0 Å². The molecule has 0 aliphatic heterocycles. The van der Waals surface area contributed by atoms with E-state index in [-0.39, 0.29) is 11.5 Å². The molecule has 2 N–H and O–H groups in total. The summed E-state index contributed by atoms with van der Waals surface area (Å²) >= 11 is 0. The summed E-state index contributed by atoms with van der Waals surface area (Å²) in [6.45, 7) is 13.9. The predicted octanol–water partition coefficient (Wildman–Crippen LogP) is 5.39. The molecule has 2 aromatic rings. The number of hydrogen-bond donors (Lipinski definition) is 1. The van der Waals surface area contributed by atoms with Crippen molar-refractivity contribution < 1.29 is 4.39 Å². The number of aromatic nitrogens is 1. The molecule has 0 amide bonds. The standard InChI is InChI=1S/C17H27FN2Si/c1-11(2)21(12(3)4,13(5)6)20-8-7-14-9-16(19)15(18)10-17(14)20/h7-13H,19H2,1-6H3. The second-order valence-electron chi connectivity index (χ2n) is 6.97. The molecule has 0 atom stereocenters. The SMILES string of the molecule is CC(C)[Si](C(C)C)(C(C)C)n1ccc2cc(N)c(F)cc21. The summed E-state index contributed by atoms with van der Waals surface area (Å²) in [5.74, 6) is -0.318. The molecule has 0 spiro atoms. The van der Waals surface area contributed by atoms with Crippen molar-refractivity contribution in [2.75, 3.05) is 5.73 Å². The summed E-state index contributed by atoms with van der Waals surface area (Å²) in [5.41, 5.74) is 8.66. The van der Waals surface area contributed by atoms with Gasteiger partial charge in [-0.3, -0.25) is 0 Å². The van der Waals surface area contributed by atoms with Crippen LogP contribution in [0.2, 0.25) is 16.6 Å². The minimum absolute atomic E-state index is 0.228. The molecule has 0 radical (unpaired) electrons. The Morgan fingerprint density at radius 2 is 1.52 bits per heavy atom. The number of fused-ring (bicyclic) bond motifs is 1. The molecule has 0 saturated carbocycles. The van der Waals surface area contributed by atoms with Gasteiger partial charge in [0.1, 0.15) is 5.82 Å². The first-order chi connectivity index (χ1) is 9.72. The molecular weight excluding hydrogens is 279 g/mol. The smallest absolute Gasteiger partial charge is 0.169 e. The number of nitrogens with two attached hydrogens (primary N) is 1. The molecular formula is C17H27FN2Si. The van der Waals surface area contributed by atoms with E-state index in [2.05, 4.69) is 58.0 Å².